The third-order valence-corrected chi connectivity index (χ3v) is 4.56. The van der Waals surface area contributed by atoms with E-state index in [2.05, 4.69) is 26.8 Å². The molecule has 0 spiro atoms. The van der Waals surface area contributed by atoms with Gasteiger partial charge in [-0.2, -0.15) is 0 Å². The summed E-state index contributed by atoms with van der Waals surface area (Å²) in [4.78, 5) is 11.8. The highest BCUT2D eigenvalue weighted by atomic mass is 16.5. The largest absolute Gasteiger partial charge is 0.458 e. The molecule has 0 amide bonds. The van der Waals surface area contributed by atoms with Gasteiger partial charge < -0.3 is 4.74 Å². The molecular formula is C15H24O2. The predicted molar refractivity (Wildman–Crippen MR) is 68.5 cm³/mol. The zero-order valence-corrected chi connectivity index (χ0v) is 11.6. The van der Waals surface area contributed by atoms with Gasteiger partial charge in [-0.15, -0.1) is 0 Å². The second-order valence-corrected chi connectivity index (χ2v) is 6.68. The topological polar surface area (TPSA) is 26.3 Å². The average molecular weight is 236 g/mol. The van der Waals surface area contributed by atoms with E-state index in [1.165, 1.54) is 12.0 Å². The summed E-state index contributed by atoms with van der Waals surface area (Å²) >= 11 is 0. The third-order valence-electron chi connectivity index (χ3n) is 4.56. The number of esters is 1. The minimum absolute atomic E-state index is 0.0150. The highest BCUT2D eigenvalue weighted by Gasteiger charge is 2.55. The average Bonchev–Trinajstić information content (AvgIpc) is 2.13. The van der Waals surface area contributed by atoms with E-state index >= 15 is 0 Å². The van der Waals surface area contributed by atoms with Gasteiger partial charge >= 0.3 is 5.97 Å². The van der Waals surface area contributed by atoms with Crippen LogP contribution < -0.4 is 0 Å². The minimum atomic E-state index is -0.0461. The molecule has 2 heteroatoms. The summed E-state index contributed by atoms with van der Waals surface area (Å²) in [5.41, 5.74) is 1.71. The fourth-order valence-corrected chi connectivity index (χ4v) is 3.43. The molecule has 0 aromatic heterocycles. The molecule has 0 heterocycles. The Morgan fingerprint density at radius 1 is 1.53 bits per heavy atom. The Kier molecular flexibility index (Phi) is 3.09. The van der Waals surface area contributed by atoms with E-state index in [0.29, 0.717) is 29.6 Å². The van der Waals surface area contributed by atoms with Gasteiger partial charge in [-0.05, 0) is 36.7 Å². The molecular weight excluding hydrogens is 212 g/mol. The second-order valence-electron chi connectivity index (χ2n) is 6.68. The molecule has 0 N–H and O–H groups in total. The van der Waals surface area contributed by atoms with Gasteiger partial charge in [-0.25, -0.2) is 0 Å². The first-order valence-electron chi connectivity index (χ1n) is 6.70. The molecule has 0 radical (unpaired) electrons. The molecule has 3 aliphatic carbocycles. The molecule has 1 saturated carbocycles. The van der Waals surface area contributed by atoms with E-state index < -0.39 is 0 Å². The number of hydrogen-bond acceptors (Lipinski definition) is 2. The Morgan fingerprint density at radius 2 is 2.18 bits per heavy atom. The van der Waals surface area contributed by atoms with E-state index in [1.807, 2.05) is 13.8 Å². The number of allylic oxidation sites excluding steroid dienone is 1. The van der Waals surface area contributed by atoms with E-state index in [1.54, 1.807) is 0 Å². The summed E-state index contributed by atoms with van der Waals surface area (Å²) in [6.45, 7) is 10.9. The molecule has 96 valence electrons. The number of carbonyl (C=O) groups is 1. The third kappa shape index (κ3) is 2.14. The van der Waals surface area contributed by atoms with Crippen molar-refractivity contribution in [2.45, 2.75) is 53.6 Å². The minimum Gasteiger partial charge on any atom is -0.458 e. The summed E-state index contributed by atoms with van der Waals surface area (Å²) < 4.78 is 5.64. The second kappa shape index (κ2) is 4.15. The van der Waals surface area contributed by atoms with Crippen LogP contribution in [-0.2, 0) is 9.53 Å². The van der Waals surface area contributed by atoms with Crippen LogP contribution in [-0.4, -0.2) is 12.1 Å². The molecule has 0 aromatic rings. The standard InChI is InChI=1S/C15H24O2/c1-9(2)6-14(16)17-13-7-10(3)11-8-12(13)15(11,4)5/h7,9,11-13H,6,8H2,1-5H3. The van der Waals surface area contributed by atoms with Gasteiger partial charge in [0.25, 0.3) is 0 Å². The van der Waals surface area contributed by atoms with Gasteiger partial charge in [-0.3, -0.25) is 4.79 Å². The monoisotopic (exact) mass is 236 g/mol. The molecule has 3 atom stereocenters. The van der Waals surface area contributed by atoms with Crippen LogP contribution in [0.4, 0.5) is 0 Å². The molecule has 0 aromatic carbocycles. The summed E-state index contributed by atoms with van der Waals surface area (Å²) in [5.74, 6) is 1.55. The van der Waals surface area contributed by atoms with Crippen LogP contribution in [0.5, 0.6) is 0 Å². The smallest absolute Gasteiger partial charge is 0.306 e. The van der Waals surface area contributed by atoms with Crippen molar-refractivity contribution in [3.63, 3.8) is 0 Å². The maximum atomic E-state index is 11.8. The van der Waals surface area contributed by atoms with Crippen molar-refractivity contribution in [3.05, 3.63) is 11.6 Å². The van der Waals surface area contributed by atoms with Crippen molar-refractivity contribution >= 4 is 5.97 Å². The molecule has 3 rings (SSSR count). The predicted octanol–water partition coefficient (Wildman–Crippen LogP) is 3.57. The van der Waals surface area contributed by atoms with Crippen LogP contribution in [0.25, 0.3) is 0 Å². The Bertz CT molecular complexity index is 352. The quantitative estimate of drug-likeness (QED) is 0.553. The van der Waals surface area contributed by atoms with E-state index in [-0.39, 0.29) is 12.1 Å². The van der Waals surface area contributed by atoms with Gasteiger partial charge in [0, 0.05) is 12.3 Å². The SMILES string of the molecule is CC1=CC(OC(=O)CC(C)C)C2CC1C2(C)C. The Hall–Kier alpha value is -0.790. The summed E-state index contributed by atoms with van der Waals surface area (Å²) in [6, 6.07) is 0. The number of ether oxygens (including phenoxy) is 1. The maximum Gasteiger partial charge on any atom is 0.306 e. The number of rotatable bonds is 3. The first kappa shape index (κ1) is 12.7. The number of carbonyl (C=O) groups excluding carboxylic acids is 1. The van der Waals surface area contributed by atoms with Gasteiger partial charge in [0.2, 0.25) is 0 Å². The first-order valence-corrected chi connectivity index (χ1v) is 6.70. The lowest BCUT2D eigenvalue weighted by atomic mass is 9.48. The zero-order valence-electron chi connectivity index (χ0n) is 11.6. The summed E-state index contributed by atoms with van der Waals surface area (Å²) in [6.07, 6.45) is 3.90. The zero-order chi connectivity index (χ0) is 12.8. The van der Waals surface area contributed by atoms with Crippen molar-refractivity contribution in [1.82, 2.24) is 0 Å². The van der Waals surface area contributed by atoms with Crippen molar-refractivity contribution in [1.29, 1.82) is 0 Å². The van der Waals surface area contributed by atoms with Crippen molar-refractivity contribution in [3.8, 4) is 0 Å². The van der Waals surface area contributed by atoms with E-state index in [9.17, 15) is 4.79 Å². The Balaban J connectivity index is 2.03. The van der Waals surface area contributed by atoms with Crippen molar-refractivity contribution < 1.29 is 9.53 Å². The van der Waals surface area contributed by atoms with Crippen molar-refractivity contribution in [2.24, 2.45) is 23.2 Å². The molecule has 3 unspecified atom stereocenters. The van der Waals surface area contributed by atoms with Gasteiger partial charge in [0.15, 0.2) is 0 Å². The van der Waals surface area contributed by atoms with E-state index in [0.717, 1.165) is 0 Å². The van der Waals surface area contributed by atoms with Crippen LogP contribution in [0.3, 0.4) is 0 Å². The fraction of sp³-hybridized carbons (Fsp3) is 0.800. The highest BCUT2D eigenvalue weighted by Crippen LogP contribution is 2.59. The Labute approximate surface area is 104 Å². The fourth-order valence-electron chi connectivity index (χ4n) is 3.43. The normalized spacial score (nSPS) is 34.0. The van der Waals surface area contributed by atoms with Gasteiger partial charge in [-0.1, -0.05) is 33.3 Å². The van der Waals surface area contributed by atoms with Crippen LogP contribution in [0, 0.1) is 23.2 Å². The molecule has 0 saturated heterocycles. The van der Waals surface area contributed by atoms with Gasteiger partial charge in [0.05, 0.1) is 0 Å². The molecule has 17 heavy (non-hydrogen) atoms. The molecule has 3 aliphatic rings. The lowest BCUT2D eigenvalue weighted by Gasteiger charge is -2.58. The first-order chi connectivity index (χ1) is 7.82. The maximum absolute atomic E-state index is 11.8. The summed E-state index contributed by atoms with van der Waals surface area (Å²) in [5, 5.41) is 0. The molecule has 2 nitrogen and oxygen atoms in total. The lowest BCUT2D eigenvalue weighted by Crippen LogP contribution is -2.54. The number of hydrogen-bond donors (Lipinski definition) is 0. The lowest BCUT2D eigenvalue weighted by molar-refractivity contribution is -0.161. The Morgan fingerprint density at radius 3 is 2.65 bits per heavy atom. The van der Waals surface area contributed by atoms with Crippen LogP contribution in [0.1, 0.15) is 47.5 Å². The summed E-state index contributed by atoms with van der Waals surface area (Å²) in [7, 11) is 0. The van der Waals surface area contributed by atoms with Crippen LogP contribution >= 0.6 is 0 Å². The number of fused-ring (bicyclic) bond motifs is 1. The molecule has 2 bridgehead atoms. The van der Waals surface area contributed by atoms with E-state index in [4.69, 9.17) is 4.74 Å². The van der Waals surface area contributed by atoms with Crippen LogP contribution in [0.2, 0.25) is 0 Å². The molecule has 1 fully saturated rings. The van der Waals surface area contributed by atoms with Gasteiger partial charge in [0.1, 0.15) is 6.10 Å². The van der Waals surface area contributed by atoms with Crippen LogP contribution in [0.15, 0.2) is 11.6 Å². The van der Waals surface area contributed by atoms with Crippen molar-refractivity contribution in [2.75, 3.05) is 0 Å². The highest BCUT2D eigenvalue weighted by molar-refractivity contribution is 5.70. The molecule has 0 aliphatic heterocycles.